The molecule has 1 amide bonds. The van der Waals surface area contributed by atoms with Gasteiger partial charge in [-0.25, -0.2) is 22.7 Å². The minimum Gasteiger partial charge on any atom is -0.366 e. The number of sulfonamides is 1. The highest BCUT2D eigenvalue weighted by Crippen LogP contribution is 2.33. The molecular weight excluding hydrogens is 516 g/mol. The van der Waals surface area contributed by atoms with Gasteiger partial charge < -0.3 is 11.1 Å². The number of nitrogens with one attached hydrogen (secondary N) is 2. The van der Waals surface area contributed by atoms with E-state index < -0.39 is 15.9 Å². The minimum atomic E-state index is -3.84. The van der Waals surface area contributed by atoms with Crippen LogP contribution in [0.4, 0.5) is 11.6 Å². The Morgan fingerprint density at radius 1 is 1.08 bits per heavy atom. The number of nitrogens with two attached hydrogens (primary N) is 1. The van der Waals surface area contributed by atoms with Crippen LogP contribution in [-0.4, -0.2) is 52.9 Å². The number of amides is 1. The number of carbonyl (C=O) groups excluding carboxylic acids is 1. The van der Waals surface area contributed by atoms with E-state index in [1.165, 1.54) is 32.3 Å². The molecule has 0 saturated heterocycles. The van der Waals surface area contributed by atoms with Crippen LogP contribution in [-0.2, 0) is 22.9 Å². The smallest absolute Gasteiger partial charge is 0.249 e. The second kappa shape index (κ2) is 11.0. The molecule has 0 unspecified atom stereocenters. The van der Waals surface area contributed by atoms with Crippen molar-refractivity contribution in [2.24, 2.45) is 5.73 Å². The van der Waals surface area contributed by atoms with Gasteiger partial charge in [0.25, 0.3) is 0 Å². The highest BCUT2D eigenvalue weighted by Gasteiger charge is 2.26. The number of nitriles is 1. The monoisotopic (exact) mass is 544 g/mol. The van der Waals surface area contributed by atoms with Crippen molar-refractivity contribution in [1.82, 2.24) is 24.5 Å². The fraction of sp³-hybridized carbons (Fsp3) is 0.222. The number of benzene rings is 2. The van der Waals surface area contributed by atoms with Gasteiger partial charge in [0.05, 0.1) is 4.90 Å². The number of primary amides is 1. The fourth-order valence-electron chi connectivity index (χ4n) is 4.19. The molecule has 11 nitrogen and oxygen atoms in total. The molecule has 0 aliphatic heterocycles. The number of hydrogen-bond acceptors (Lipinski definition) is 8. The molecule has 0 bridgehead atoms. The fourth-order valence-corrected chi connectivity index (χ4v) is 5.32. The van der Waals surface area contributed by atoms with E-state index in [4.69, 9.17) is 11.0 Å². The largest absolute Gasteiger partial charge is 0.366 e. The van der Waals surface area contributed by atoms with E-state index in [9.17, 15) is 13.2 Å². The molecule has 4 N–H and O–H groups in total. The molecule has 12 heteroatoms. The Labute approximate surface area is 226 Å². The maximum Gasteiger partial charge on any atom is 0.249 e. The molecule has 2 aromatic heterocycles. The van der Waals surface area contributed by atoms with Crippen LogP contribution >= 0.6 is 0 Å². The summed E-state index contributed by atoms with van der Waals surface area (Å²) in [6, 6.07) is 15.5. The van der Waals surface area contributed by atoms with Crippen molar-refractivity contribution in [2.75, 3.05) is 19.4 Å². The highest BCUT2D eigenvalue weighted by molar-refractivity contribution is 7.89. The second-order valence-corrected chi connectivity index (χ2v) is 11.3. The quantitative estimate of drug-likeness (QED) is 0.288. The molecule has 2 aromatic carbocycles. The van der Waals surface area contributed by atoms with Gasteiger partial charge in [-0.2, -0.15) is 10.4 Å². The summed E-state index contributed by atoms with van der Waals surface area (Å²) in [6.07, 6.45) is 1.24. The molecule has 0 spiro atoms. The maximum absolute atomic E-state index is 13.1. The number of aromatic nitrogens is 4. The van der Waals surface area contributed by atoms with E-state index in [0.717, 1.165) is 21.1 Å². The van der Waals surface area contributed by atoms with E-state index in [2.05, 4.69) is 25.5 Å². The molecule has 0 radical (unpaired) electrons. The average molecular weight is 545 g/mol. The first kappa shape index (κ1) is 27.4. The van der Waals surface area contributed by atoms with E-state index in [0.29, 0.717) is 35.9 Å². The first-order chi connectivity index (χ1) is 18.5. The lowest BCUT2D eigenvalue weighted by Crippen LogP contribution is -2.24. The summed E-state index contributed by atoms with van der Waals surface area (Å²) >= 11 is 0. The van der Waals surface area contributed by atoms with Crippen LogP contribution in [0.3, 0.4) is 0 Å². The summed E-state index contributed by atoms with van der Waals surface area (Å²) in [5, 5.41) is 19.5. The van der Waals surface area contributed by atoms with Crippen molar-refractivity contribution >= 4 is 27.6 Å². The number of H-pyrrole nitrogens is 1. The van der Waals surface area contributed by atoms with Crippen molar-refractivity contribution < 1.29 is 13.2 Å². The van der Waals surface area contributed by atoms with Crippen molar-refractivity contribution in [2.45, 2.75) is 31.6 Å². The van der Waals surface area contributed by atoms with Crippen molar-refractivity contribution in [3.63, 3.8) is 0 Å². The Bertz CT molecular complexity index is 1700. The molecule has 0 aliphatic rings. The number of rotatable bonds is 9. The summed E-state index contributed by atoms with van der Waals surface area (Å²) in [5.41, 5.74) is 9.76. The van der Waals surface area contributed by atoms with Crippen molar-refractivity contribution in [1.29, 1.82) is 5.26 Å². The van der Waals surface area contributed by atoms with Crippen molar-refractivity contribution in [3.8, 4) is 17.2 Å². The van der Waals surface area contributed by atoms with Gasteiger partial charge in [-0.15, -0.1) is 0 Å². The maximum atomic E-state index is 13.1. The van der Waals surface area contributed by atoms with E-state index in [-0.39, 0.29) is 21.7 Å². The van der Waals surface area contributed by atoms with E-state index >= 15 is 0 Å². The van der Waals surface area contributed by atoms with Crippen LogP contribution in [0.15, 0.2) is 53.4 Å². The Morgan fingerprint density at radius 3 is 2.54 bits per heavy atom. The van der Waals surface area contributed by atoms with Gasteiger partial charge >= 0.3 is 0 Å². The lowest BCUT2D eigenvalue weighted by molar-refractivity contribution is 0.100. The first-order valence-electron chi connectivity index (χ1n) is 12.0. The predicted octanol–water partition coefficient (Wildman–Crippen LogP) is 3.23. The Balaban J connectivity index is 1.61. The minimum absolute atomic E-state index is 0.0161. The topological polar surface area (TPSA) is 171 Å². The zero-order valence-electron chi connectivity index (χ0n) is 22.0. The van der Waals surface area contributed by atoms with Gasteiger partial charge in [0.1, 0.15) is 23.4 Å². The normalized spacial score (nSPS) is 11.4. The second-order valence-electron chi connectivity index (χ2n) is 9.17. The number of nitrogens with zero attached hydrogens (tertiary/aromatic N) is 5. The van der Waals surface area contributed by atoms with Gasteiger partial charge in [-0.3, -0.25) is 9.89 Å². The predicted molar refractivity (Wildman–Crippen MR) is 147 cm³/mol. The third kappa shape index (κ3) is 5.95. The standard InChI is InChI=1S/C27H28N8O3S/c1-16-8-9-19(26-22(27(29)36)6-5-7-23(26)39(37,38)35(3)4)12-18(16)10-11-20-13-25(34-33-20)32-24-14-21(15-28)30-17(2)31-24/h5-9,12-14H,10-11H2,1-4H3,(H2,29,36)(H2,30,31,32,33,34). The Hall–Kier alpha value is -4.60. The molecular formula is C27H28N8O3S. The summed E-state index contributed by atoms with van der Waals surface area (Å²) in [7, 11) is -0.956. The molecule has 2 heterocycles. The van der Waals surface area contributed by atoms with Crippen LogP contribution in [0.25, 0.3) is 11.1 Å². The lowest BCUT2D eigenvalue weighted by Gasteiger charge is -2.18. The molecule has 39 heavy (non-hydrogen) atoms. The summed E-state index contributed by atoms with van der Waals surface area (Å²) in [6.45, 7) is 3.68. The van der Waals surface area contributed by atoms with Gasteiger partial charge in [0, 0.05) is 43.0 Å². The van der Waals surface area contributed by atoms with Gasteiger partial charge in [0.2, 0.25) is 15.9 Å². The van der Waals surface area contributed by atoms with Crippen LogP contribution in [0, 0.1) is 25.2 Å². The molecule has 0 fully saturated rings. The van der Waals surface area contributed by atoms with Crippen LogP contribution in [0.1, 0.15) is 38.7 Å². The summed E-state index contributed by atoms with van der Waals surface area (Å²) < 4.78 is 27.3. The third-order valence-electron chi connectivity index (χ3n) is 6.19. The first-order valence-corrected chi connectivity index (χ1v) is 13.5. The molecule has 4 rings (SSSR count). The lowest BCUT2D eigenvalue weighted by atomic mass is 9.94. The number of anilines is 2. The van der Waals surface area contributed by atoms with Crippen LogP contribution in [0.2, 0.25) is 0 Å². The van der Waals surface area contributed by atoms with Crippen LogP contribution in [0.5, 0.6) is 0 Å². The van der Waals surface area contributed by atoms with E-state index in [1.807, 2.05) is 31.2 Å². The van der Waals surface area contributed by atoms with Crippen molar-refractivity contribution in [3.05, 3.63) is 82.4 Å². The third-order valence-corrected chi connectivity index (χ3v) is 8.05. The highest BCUT2D eigenvalue weighted by atomic mass is 32.2. The summed E-state index contributed by atoms with van der Waals surface area (Å²) in [4.78, 5) is 20.6. The SMILES string of the molecule is Cc1nc(C#N)cc(Nc2cc(CCc3cc(-c4c(C(N)=O)cccc4S(=O)(=O)N(C)C)ccc3C)[nH]n2)n1. The zero-order valence-corrected chi connectivity index (χ0v) is 22.8. The Kier molecular flexibility index (Phi) is 7.75. The van der Waals surface area contributed by atoms with Gasteiger partial charge in [0.15, 0.2) is 5.82 Å². The summed E-state index contributed by atoms with van der Waals surface area (Å²) in [5.74, 6) is 0.784. The molecule has 0 aliphatic carbocycles. The van der Waals surface area contributed by atoms with Gasteiger partial charge in [-0.05, 0) is 55.5 Å². The number of aromatic amines is 1. The zero-order chi connectivity index (χ0) is 28.3. The Morgan fingerprint density at radius 2 is 1.85 bits per heavy atom. The van der Waals surface area contributed by atoms with E-state index in [1.54, 1.807) is 19.1 Å². The molecule has 4 aromatic rings. The number of carbonyl (C=O) groups is 1. The van der Waals surface area contributed by atoms with Gasteiger partial charge in [-0.1, -0.05) is 24.3 Å². The van der Waals surface area contributed by atoms with Crippen LogP contribution < -0.4 is 11.1 Å². The average Bonchev–Trinajstić information content (AvgIpc) is 3.34. The number of aryl methyl sites for hydroxylation is 4. The molecule has 200 valence electrons. The molecule has 0 atom stereocenters. The number of hydrogen-bond donors (Lipinski definition) is 3. The molecule has 0 saturated carbocycles.